The molecular weight excluding hydrogens is 274 g/mol. The highest BCUT2D eigenvalue weighted by atomic mass is 16.5. The number of carbonyl (C=O) groups excluding carboxylic acids is 1. The summed E-state index contributed by atoms with van der Waals surface area (Å²) in [6.07, 6.45) is 0. The summed E-state index contributed by atoms with van der Waals surface area (Å²) >= 11 is 0. The van der Waals surface area contributed by atoms with Gasteiger partial charge in [-0.1, -0.05) is 0 Å². The molecule has 0 aliphatic rings. The lowest BCUT2D eigenvalue weighted by molar-refractivity contribution is 0.0656. The maximum atomic E-state index is 12.5. The van der Waals surface area contributed by atoms with Crippen LogP contribution in [0.1, 0.15) is 15.9 Å². The first-order valence-electron chi connectivity index (χ1n) is 6.70. The molecule has 6 heteroatoms. The van der Waals surface area contributed by atoms with Crippen molar-refractivity contribution >= 4 is 5.91 Å². The van der Waals surface area contributed by atoms with Crippen molar-refractivity contribution in [3.05, 3.63) is 23.3 Å². The SMILES string of the molecule is COCCN(CCO)C(=O)c1cc(OC)c(C)c(OC)c1. The molecule has 1 aromatic rings. The van der Waals surface area contributed by atoms with E-state index in [0.29, 0.717) is 30.2 Å². The molecule has 0 aliphatic heterocycles. The largest absolute Gasteiger partial charge is 0.496 e. The number of hydrogen-bond acceptors (Lipinski definition) is 5. The number of methoxy groups -OCH3 is 3. The fraction of sp³-hybridized carbons (Fsp3) is 0.533. The minimum Gasteiger partial charge on any atom is -0.496 e. The van der Waals surface area contributed by atoms with E-state index in [1.165, 1.54) is 4.90 Å². The number of amides is 1. The predicted molar refractivity (Wildman–Crippen MR) is 79.1 cm³/mol. The molecule has 0 spiro atoms. The average Bonchev–Trinajstić information content (AvgIpc) is 2.51. The maximum absolute atomic E-state index is 12.5. The Morgan fingerprint density at radius 1 is 1.14 bits per heavy atom. The van der Waals surface area contributed by atoms with E-state index in [0.717, 1.165) is 5.56 Å². The minimum absolute atomic E-state index is 0.102. The number of nitrogens with zero attached hydrogens (tertiary/aromatic N) is 1. The second kappa shape index (κ2) is 8.49. The van der Waals surface area contributed by atoms with Crippen molar-refractivity contribution < 1.29 is 24.1 Å². The molecule has 0 atom stereocenters. The van der Waals surface area contributed by atoms with E-state index in [2.05, 4.69) is 0 Å². The number of aliphatic hydroxyl groups excluding tert-OH is 1. The van der Waals surface area contributed by atoms with E-state index in [9.17, 15) is 4.79 Å². The summed E-state index contributed by atoms with van der Waals surface area (Å²) in [6, 6.07) is 3.36. The molecule has 21 heavy (non-hydrogen) atoms. The first-order chi connectivity index (χ1) is 10.1. The highest BCUT2D eigenvalue weighted by molar-refractivity contribution is 5.95. The number of hydrogen-bond donors (Lipinski definition) is 1. The van der Waals surface area contributed by atoms with Gasteiger partial charge in [-0.15, -0.1) is 0 Å². The van der Waals surface area contributed by atoms with Crippen LogP contribution in [0.15, 0.2) is 12.1 Å². The van der Waals surface area contributed by atoms with Gasteiger partial charge < -0.3 is 24.2 Å². The van der Waals surface area contributed by atoms with Gasteiger partial charge in [0.25, 0.3) is 5.91 Å². The van der Waals surface area contributed by atoms with Gasteiger partial charge in [-0.05, 0) is 19.1 Å². The molecule has 0 heterocycles. The van der Waals surface area contributed by atoms with Gasteiger partial charge >= 0.3 is 0 Å². The lowest BCUT2D eigenvalue weighted by Crippen LogP contribution is -2.36. The quantitative estimate of drug-likeness (QED) is 0.778. The van der Waals surface area contributed by atoms with E-state index in [4.69, 9.17) is 19.3 Å². The maximum Gasteiger partial charge on any atom is 0.254 e. The van der Waals surface area contributed by atoms with Crippen molar-refractivity contribution in [3.8, 4) is 11.5 Å². The fourth-order valence-electron chi connectivity index (χ4n) is 2.03. The van der Waals surface area contributed by atoms with E-state index >= 15 is 0 Å². The Morgan fingerprint density at radius 3 is 2.14 bits per heavy atom. The van der Waals surface area contributed by atoms with Gasteiger partial charge in [-0.3, -0.25) is 4.79 Å². The summed E-state index contributed by atoms with van der Waals surface area (Å²) < 4.78 is 15.5. The summed E-state index contributed by atoms with van der Waals surface area (Å²) in [5.41, 5.74) is 1.29. The van der Waals surface area contributed by atoms with Crippen LogP contribution in [0.25, 0.3) is 0 Å². The van der Waals surface area contributed by atoms with Gasteiger partial charge in [0, 0.05) is 31.3 Å². The van der Waals surface area contributed by atoms with Crippen LogP contribution in [0.2, 0.25) is 0 Å². The Morgan fingerprint density at radius 2 is 1.71 bits per heavy atom. The summed E-state index contributed by atoms with van der Waals surface area (Å²) in [5, 5.41) is 9.09. The third kappa shape index (κ3) is 4.34. The average molecular weight is 297 g/mol. The molecule has 0 fully saturated rings. The molecule has 118 valence electrons. The second-order valence-electron chi connectivity index (χ2n) is 4.51. The van der Waals surface area contributed by atoms with Crippen LogP contribution in [0.5, 0.6) is 11.5 Å². The topological polar surface area (TPSA) is 68.2 Å². The summed E-state index contributed by atoms with van der Waals surface area (Å²) in [6.45, 7) is 2.83. The second-order valence-corrected chi connectivity index (χ2v) is 4.51. The molecule has 0 unspecified atom stereocenters. The van der Waals surface area contributed by atoms with Gasteiger partial charge in [0.15, 0.2) is 0 Å². The van der Waals surface area contributed by atoms with E-state index in [1.807, 2.05) is 6.92 Å². The van der Waals surface area contributed by atoms with Crippen LogP contribution >= 0.6 is 0 Å². The van der Waals surface area contributed by atoms with Crippen LogP contribution in [0.4, 0.5) is 0 Å². The molecule has 6 nitrogen and oxygen atoms in total. The zero-order chi connectivity index (χ0) is 15.8. The number of benzene rings is 1. The number of rotatable bonds is 8. The van der Waals surface area contributed by atoms with Crippen molar-refractivity contribution in [1.29, 1.82) is 0 Å². The first-order valence-corrected chi connectivity index (χ1v) is 6.70. The highest BCUT2D eigenvalue weighted by Crippen LogP contribution is 2.29. The molecule has 0 aromatic heterocycles. The Labute approximate surface area is 125 Å². The number of carbonyl (C=O) groups is 1. The Kier molecular flexibility index (Phi) is 6.98. The predicted octanol–water partition coefficient (Wildman–Crippen LogP) is 1.09. The fourth-order valence-corrected chi connectivity index (χ4v) is 2.03. The van der Waals surface area contributed by atoms with Crippen LogP contribution in [0, 0.1) is 6.92 Å². The molecule has 1 rings (SSSR count). The zero-order valence-corrected chi connectivity index (χ0v) is 13.0. The molecule has 1 aromatic carbocycles. The van der Waals surface area contributed by atoms with Crippen molar-refractivity contribution in [3.63, 3.8) is 0 Å². The third-order valence-electron chi connectivity index (χ3n) is 3.22. The molecule has 0 aliphatic carbocycles. The minimum atomic E-state index is -0.197. The number of ether oxygens (including phenoxy) is 3. The Hall–Kier alpha value is -1.79. The Balaban J connectivity index is 3.08. The monoisotopic (exact) mass is 297 g/mol. The van der Waals surface area contributed by atoms with Gasteiger partial charge in [0.2, 0.25) is 0 Å². The van der Waals surface area contributed by atoms with Crippen molar-refractivity contribution in [2.75, 3.05) is 47.6 Å². The van der Waals surface area contributed by atoms with Crippen LogP contribution in [0.3, 0.4) is 0 Å². The van der Waals surface area contributed by atoms with Crippen LogP contribution in [-0.4, -0.2) is 63.5 Å². The van der Waals surface area contributed by atoms with Gasteiger partial charge in [0.05, 0.1) is 27.4 Å². The molecule has 1 amide bonds. The van der Waals surface area contributed by atoms with E-state index in [1.54, 1.807) is 33.5 Å². The molecule has 1 N–H and O–H groups in total. The van der Waals surface area contributed by atoms with E-state index in [-0.39, 0.29) is 19.1 Å². The van der Waals surface area contributed by atoms with Crippen molar-refractivity contribution in [2.24, 2.45) is 0 Å². The zero-order valence-electron chi connectivity index (χ0n) is 13.0. The summed E-state index contributed by atoms with van der Waals surface area (Å²) in [7, 11) is 4.67. The van der Waals surface area contributed by atoms with Crippen molar-refractivity contribution in [1.82, 2.24) is 4.90 Å². The van der Waals surface area contributed by atoms with Gasteiger partial charge in [-0.25, -0.2) is 0 Å². The smallest absolute Gasteiger partial charge is 0.254 e. The van der Waals surface area contributed by atoms with Gasteiger partial charge in [-0.2, -0.15) is 0 Å². The van der Waals surface area contributed by atoms with Crippen molar-refractivity contribution in [2.45, 2.75) is 6.92 Å². The normalized spacial score (nSPS) is 10.3. The molecular formula is C15H23NO5. The van der Waals surface area contributed by atoms with E-state index < -0.39 is 0 Å². The molecule has 0 radical (unpaired) electrons. The third-order valence-corrected chi connectivity index (χ3v) is 3.22. The summed E-state index contributed by atoms with van der Waals surface area (Å²) in [5.74, 6) is 0.986. The Bertz CT molecular complexity index is 450. The van der Waals surface area contributed by atoms with Crippen LogP contribution < -0.4 is 9.47 Å². The molecule has 0 saturated carbocycles. The molecule has 0 bridgehead atoms. The van der Waals surface area contributed by atoms with Gasteiger partial charge in [0.1, 0.15) is 11.5 Å². The summed E-state index contributed by atoms with van der Waals surface area (Å²) in [4.78, 5) is 14.1. The highest BCUT2D eigenvalue weighted by Gasteiger charge is 2.18. The molecule has 0 saturated heterocycles. The first kappa shape index (κ1) is 17.3. The number of aliphatic hydroxyl groups is 1. The van der Waals surface area contributed by atoms with Crippen LogP contribution in [-0.2, 0) is 4.74 Å². The lowest BCUT2D eigenvalue weighted by atomic mass is 10.1. The standard InChI is InChI=1S/C15H23NO5/c1-11-13(20-3)9-12(10-14(11)21-4)15(18)16(5-7-17)6-8-19-2/h9-10,17H,5-8H2,1-4H3. The lowest BCUT2D eigenvalue weighted by Gasteiger charge is -2.22.